The van der Waals surface area contributed by atoms with Gasteiger partial charge in [-0.25, -0.2) is 15.0 Å². The highest BCUT2D eigenvalue weighted by atomic mass is 16.6. The van der Waals surface area contributed by atoms with E-state index in [0.29, 0.717) is 23.7 Å². The van der Waals surface area contributed by atoms with Gasteiger partial charge in [0.15, 0.2) is 17.4 Å². The Morgan fingerprint density at radius 3 is 2.60 bits per heavy atom. The summed E-state index contributed by atoms with van der Waals surface area (Å²) in [5, 5.41) is 20.2. The summed E-state index contributed by atoms with van der Waals surface area (Å²) < 4.78 is 15.1. The number of fused-ring (bicyclic) bond motifs is 1. The smallest absolute Gasteiger partial charge is 0.245 e. The van der Waals surface area contributed by atoms with Gasteiger partial charge in [-0.2, -0.15) is 4.98 Å². The van der Waals surface area contributed by atoms with E-state index in [1.807, 2.05) is 35.0 Å². The van der Waals surface area contributed by atoms with Gasteiger partial charge in [0.1, 0.15) is 25.1 Å². The van der Waals surface area contributed by atoms with Gasteiger partial charge in [-0.3, -0.25) is 4.57 Å². The molecule has 0 radical (unpaired) electrons. The lowest BCUT2D eigenvalue weighted by Gasteiger charge is -2.16. The van der Waals surface area contributed by atoms with Crippen LogP contribution in [0.3, 0.4) is 0 Å². The first-order valence-corrected chi connectivity index (χ1v) is 9.51. The topological polar surface area (TPSA) is 120 Å². The second-order valence-electron chi connectivity index (χ2n) is 7.14. The van der Waals surface area contributed by atoms with E-state index in [-0.39, 0.29) is 0 Å². The Bertz CT molecular complexity index is 1140. The highest BCUT2D eigenvalue weighted by Crippen LogP contribution is 2.32. The van der Waals surface area contributed by atoms with Crippen molar-refractivity contribution in [1.29, 1.82) is 0 Å². The molecule has 4 heterocycles. The zero-order chi connectivity index (χ0) is 20.7. The monoisotopic (exact) mass is 408 g/mol. The van der Waals surface area contributed by atoms with Crippen LogP contribution in [0.5, 0.6) is 5.88 Å². The minimum absolute atomic E-state index is 0.307. The lowest BCUT2D eigenvalue weighted by molar-refractivity contribution is -0.0299. The molecule has 10 heteroatoms. The van der Waals surface area contributed by atoms with E-state index >= 15 is 0 Å². The molecule has 1 fully saturated rings. The van der Waals surface area contributed by atoms with Crippen molar-refractivity contribution in [3.8, 4) is 11.6 Å². The third-order valence-corrected chi connectivity index (χ3v) is 5.19. The Morgan fingerprint density at radius 1 is 1.07 bits per heavy atom. The van der Waals surface area contributed by atoms with Gasteiger partial charge in [-0.05, 0) is 24.6 Å². The predicted octanol–water partition coefficient (Wildman–Crippen LogP) is 1.23. The lowest BCUT2D eigenvalue weighted by Crippen LogP contribution is -2.30. The molecule has 3 aromatic heterocycles. The molecule has 1 aromatic carbocycles. The fourth-order valence-electron chi connectivity index (χ4n) is 3.51. The third kappa shape index (κ3) is 3.20. The molecule has 5 rings (SSSR count). The maximum absolute atomic E-state index is 10.3. The van der Waals surface area contributed by atoms with Crippen molar-refractivity contribution in [2.75, 3.05) is 0 Å². The number of hydrogen-bond donors (Lipinski definition) is 2. The molecule has 10 nitrogen and oxygen atoms in total. The van der Waals surface area contributed by atoms with Crippen molar-refractivity contribution in [3.63, 3.8) is 0 Å². The van der Waals surface area contributed by atoms with E-state index in [2.05, 4.69) is 19.9 Å². The molecule has 0 aliphatic carbocycles. The van der Waals surface area contributed by atoms with E-state index < -0.39 is 24.5 Å². The normalized spacial score (nSPS) is 23.8. The summed E-state index contributed by atoms with van der Waals surface area (Å²) in [6, 6.07) is 7.90. The van der Waals surface area contributed by atoms with E-state index in [1.165, 1.54) is 12.7 Å². The minimum atomic E-state index is -1.08. The predicted molar refractivity (Wildman–Crippen MR) is 105 cm³/mol. The number of nitrogens with zero attached hydrogens (tertiary/aromatic N) is 6. The number of ether oxygens (including phenoxy) is 2. The lowest BCUT2D eigenvalue weighted by atomic mass is 10.1. The van der Waals surface area contributed by atoms with Gasteiger partial charge < -0.3 is 24.3 Å². The second kappa shape index (κ2) is 7.48. The van der Waals surface area contributed by atoms with Crippen LogP contribution in [-0.4, -0.2) is 57.6 Å². The highest BCUT2D eigenvalue weighted by Gasteiger charge is 2.42. The molecule has 4 atom stereocenters. The van der Waals surface area contributed by atoms with Gasteiger partial charge in [-0.15, -0.1) is 0 Å². The fraction of sp³-hybridized carbons (Fsp3) is 0.300. The Labute approximate surface area is 171 Å². The maximum Gasteiger partial charge on any atom is 0.245 e. The zero-order valence-electron chi connectivity index (χ0n) is 16.1. The Morgan fingerprint density at radius 2 is 1.90 bits per heavy atom. The van der Waals surface area contributed by atoms with Crippen LogP contribution in [-0.2, 0) is 11.3 Å². The Balaban J connectivity index is 1.35. The third-order valence-electron chi connectivity index (χ3n) is 5.19. The average molecular weight is 408 g/mol. The summed E-state index contributed by atoms with van der Waals surface area (Å²) in [6.07, 6.45) is 4.90. The van der Waals surface area contributed by atoms with E-state index in [4.69, 9.17) is 9.47 Å². The first-order valence-electron chi connectivity index (χ1n) is 9.51. The molecule has 0 amide bonds. The van der Waals surface area contributed by atoms with Crippen LogP contribution in [0.4, 0.5) is 0 Å². The van der Waals surface area contributed by atoms with Crippen LogP contribution in [0.2, 0.25) is 0 Å². The van der Waals surface area contributed by atoms with Crippen molar-refractivity contribution in [3.05, 3.63) is 61.2 Å². The fourth-order valence-corrected chi connectivity index (χ4v) is 3.51. The molecule has 0 spiro atoms. The van der Waals surface area contributed by atoms with Crippen LogP contribution in [0.15, 0.2) is 55.6 Å². The Hall–Kier alpha value is -3.34. The highest BCUT2D eigenvalue weighted by molar-refractivity contribution is 5.76. The Kier molecular flexibility index (Phi) is 4.66. The average Bonchev–Trinajstić information content (AvgIpc) is 3.50. The van der Waals surface area contributed by atoms with Gasteiger partial charge in [0, 0.05) is 18.1 Å². The standard InChI is InChI=1S/C20H20N6O4/c1-12-16(27)17(28)20(30-12)26-11-24-15-18(26)22-9-23-19(15)29-8-13-2-4-14(5-3-13)25-7-6-21-10-25/h2-7,9-12,16-17,20,27-28H,8H2,1H3/t12-,16-,17-,20-/m1/s1. The van der Waals surface area contributed by atoms with Gasteiger partial charge >= 0.3 is 0 Å². The summed E-state index contributed by atoms with van der Waals surface area (Å²) in [7, 11) is 0. The maximum atomic E-state index is 10.3. The molecule has 0 unspecified atom stereocenters. The second-order valence-corrected chi connectivity index (χ2v) is 7.14. The van der Waals surface area contributed by atoms with Crippen molar-refractivity contribution in [2.45, 2.75) is 38.1 Å². The summed E-state index contributed by atoms with van der Waals surface area (Å²) in [4.78, 5) is 16.8. The molecule has 30 heavy (non-hydrogen) atoms. The number of benzene rings is 1. The molecular formula is C20H20N6O4. The van der Waals surface area contributed by atoms with E-state index in [1.54, 1.807) is 24.0 Å². The number of hydrogen-bond acceptors (Lipinski definition) is 8. The van der Waals surface area contributed by atoms with Crippen LogP contribution in [0.25, 0.3) is 16.9 Å². The SMILES string of the molecule is C[C@H]1O[C@@H](n2cnc3c(OCc4ccc(-n5ccnc5)cc4)ncnc32)[C@H](O)[C@@H]1O. The van der Waals surface area contributed by atoms with Crippen molar-refractivity contribution in [1.82, 2.24) is 29.1 Å². The molecule has 1 saturated heterocycles. The van der Waals surface area contributed by atoms with Crippen molar-refractivity contribution >= 4 is 11.2 Å². The van der Waals surface area contributed by atoms with Crippen LogP contribution < -0.4 is 4.74 Å². The molecule has 0 bridgehead atoms. The van der Waals surface area contributed by atoms with Gasteiger partial charge in [0.05, 0.1) is 18.8 Å². The number of aliphatic hydroxyl groups excluding tert-OH is 2. The molecule has 2 N–H and O–H groups in total. The molecule has 1 aliphatic rings. The van der Waals surface area contributed by atoms with Crippen molar-refractivity contribution in [2.24, 2.45) is 0 Å². The van der Waals surface area contributed by atoms with Crippen molar-refractivity contribution < 1.29 is 19.7 Å². The molecule has 0 saturated carbocycles. The van der Waals surface area contributed by atoms with Gasteiger partial charge in [-0.1, -0.05) is 12.1 Å². The molecule has 1 aliphatic heterocycles. The van der Waals surface area contributed by atoms with Crippen LogP contribution >= 0.6 is 0 Å². The summed E-state index contributed by atoms with van der Waals surface area (Å²) in [6.45, 7) is 2.01. The quantitative estimate of drug-likeness (QED) is 0.506. The van der Waals surface area contributed by atoms with Gasteiger partial charge in [0.2, 0.25) is 5.88 Å². The summed E-state index contributed by atoms with van der Waals surface area (Å²) in [5.41, 5.74) is 2.89. The minimum Gasteiger partial charge on any atom is -0.471 e. The van der Waals surface area contributed by atoms with Crippen LogP contribution in [0.1, 0.15) is 18.7 Å². The molecular weight excluding hydrogens is 388 g/mol. The van der Waals surface area contributed by atoms with Gasteiger partial charge in [0.25, 0.3) is 0 Å². The first-order chi connectivity index (χ1) is 14.6. The number of rotatable bonds is 5. The first kappa shape index (κ1) is 18.7. The molecule has 154 valence electrons. The van der Waals surface area contributed by atoms with E-state index in [0.717, 1.165) is 11.3 Å². The summed E-state index contributed by atoms with van der Waals surface area (Å²) in [5.74, 6) is 0.332. The van der Waals surface area contributed by atoms with E-state index in [9.17, 15) is 10.2 Å². The number of imidazole rings is 2. The number of aliphatic hydroxyl groups is 2. The summed E-state index contributed by atoms with van der Waals surface area (Å²) >= 11 is 0. The molecule has 4 aromatic rings. The zero-order valence-corrected chi connectivity index (χ0v) is 16.1. The number of aromatic nitrogens is 6. The van der Waals surface area contributed by atoms with Crippen LogP contribution in [0, 0.1) is 0 Å². The largest absolute Gasteiger partial charge is 0.471 e.